The zero-order valence-corrected chi connectivity index (χ0v) is 15.4. The van der Waals surface area contributed by atoms with E-state index < -0.39 is 0 Å². The van der Waals surface area contributed by atoms with Crippen molar-refractivity contribution in [1.82, 2.24) is 15.6 Å². The molecule has 2 rings (SSSR count). The Morgan fingerprint density at radius 2 is 2.04 bits per heavy atom. The smallest absolute Gasteiger partial charge is 0.191 e. The molecule has 0 atom stereocenters. The maximum Gasteiger partial charge on any atom is 0.191 e. The van der Waals surface area contributed by atoms with E-state index in [1.165, 1.54) is 5.01 Å². The van der Waals surface area contributed by atoms with Crippen LogP contribution in [0.25, 0.3) is 0 Å². The molecule has 1 aromatic carbocycles. The van der Waals surface area contributed by atoms with Crippen LogP contribution < -0.4 is 15.4 Å². The molecule has 0 saturated carbocycles. The fourth-order valence-corrected chi connectivity index (χ4v) is 2.95. The number of hydrogen-bond donors (Lipinski definition) is 2. The topological polar surface area (TPSA) is 58.5 Å². The minimum atomic E-state index is 0.572. The molecule has 2 N–H and O–H groups in total. The lowest BCUT2D eigenvalue weighted by Gasteiger charge is -2.12. The fourth-order valence-electron chi connectivity index (χ4n) is 2.20. The summed E-state index contributed by atoms with van der Waals surface area (Å²) in [5.41, 5.74) is 2.13. The maximum absolute atomic E-state index is 5.65. The van der Waals surface area contributed by atoms with Gasteiger partial charge in [-0.3, -0.25) is 0 Å². The van der Waals surface area contributed by atoms with Crippen molar-refractivity contribution in [2.75, 3.05) is 13.2 Å². The van der Waals surface area contributed by atoms with Gasteiger partial charge in [-0.05, 0) is 26.3 Å². The van der Waals surface area contributed by atoms with Gasteiger partial charge < -0.3 is 15.4 Å². The number of aromatic nitrogens is 1. The van der Waals surface area contributed by atoms with Gasteiger partial charge in [0.2, 0.25) is 0 Å². The zero-order valence-electron chi connectivity index (χ0n) is 14.6. The van der Waals surface area contributed by atoms with Crippen molar-refractivity contribution >= 4 is 17.3 Å². The van der Waals surface area contributed by atoms with E-state index in [4.69, 9.17) is 4.74 Å². The number of benzene rings is 1. The Kier molecular flexibility index (Phi) is 7.55. The molecule has 24 heavy (non-hydrogen) atoms. The first-order chi connectivity index (χ1) is 11.8. The summed E-state index contributed by atoms with van der Waals surface area (Å²) in [7, 11) is 0. The third-order valence-corrected chi connectivity index (χ3v) is 4.40. The van der Waals surface area contributed by atoms with Gasteiger partial charge in [0, 0.05) is 17.5 Å². The first-order valence-corrected chi connectivity index (χ1v) is 9.30. The van der Waals surface area contributed by atoms with Crippen LogP contribution in [0.4, 0.5) is 0 Å². The number of thiazole rings is 1. The molecule has 0 fully saturated rings. The molecule has 0 bridgehead atoms. The van der Waals surface area contributed by atoms with Crippen LogP contribution in [0.15, 0.2) is 34.6 Å². The van der Waals surface area contributed by atoms with Crippen LogP contribution in [-0.2, 0) is 19.5 Å². The van der Waals surface area contributed by atoms with E-state index in [1.54, 1.807) is 11.3 Å². The van der Waals surface area contributed by atoms with E-state index in [0.29, 0.717) is 19.7 Å². The maximum atomic E-state index is 5.65. The minimum absolute atomic E-state index is 0.572. The standard InChI is InChI=1S/C18H26N4OS/c1-4-17-22-15(13-24-17)12-21-18(19-5-2)20-11-14-9-7-8-10-16(14)23-6-3/h7-10,13H,4-6,11-12H2,1-3H3,(H2,19,20,21). The number of nitrogens with zero attached hydrogens (tertiary/aromatic N) is 2. The van der Waals surface area contributed by atoms with Crippen LogP contribution in [0.5, 0.6) is 5.75 Å². The number of nitrogens with one attached hydrogen (secondary N) is 2. The SMILES string of the molecule is CCNC(=NCc1ccccc1OCC)NCc1csc(CC)n1. The predicted molar refractivity (Wildman–Crippen MR) is 101 cm³/mol. The van der Waals surface area contributed by atoms with Crippen molar-refractivity contribution in [3.63, 3.8) is 0 Å². The summed E-state index contributed by atoms with van der Waals surface area (Å²) < 4.78 is 5.65. The second-order valence-electron chi connectivity index (χ2n) is 5.18. The van der Waals surface area contributed by atoms with Gasteiger partial charge in [0.05, 0.1) is 30.4 Å². The zero-order chi connectivity index (χ0) is 17.2. The number of aliphatic imine (C=N–C) groups is 1. The highest BCUT2D eigenvalue weighted by atomic mass is 32.1. The van der Waals surface area contributed by atoms with Gasteiger partial charge in [0.15, 0.2) is 5.96 Å². The largest absolute Gasteiger partial charge is 0.494 e. The third-order valence-electron chi connectivity index (χ3n) is 3.36. The lowest BCUT2D eigenvalue weighted by atomic mass is 10.2. The van der Waals surface area contributed by atoms with E-state index in [0.717, 1.165) is 35.9 Å². The van der Waals surface area contributed by atoms with E-state index in [9.17, 15) is 0 Å². The van der Waals surface area contributed by atoms with Crippen molar-refractivity contribution < 1.29 is 4.74 Å². The molecule has 0 radical (unpaired) electrons. The number of ether oxygens (including phenoxy) is 1. The lowest BCUT2D eigenvalue weighted by Crippen LogP contribution is -2.36. The summed E-state index contributed by atoms with van der Waals surface area (Å²) >= 11 is 1.70. The Morgan fingerprint density at radius 3 is 2.75 bits per heavy atom. The predicted octanol–water partition coefficient (Wildman–Crippen LogP) is 3.36. The van der Waals surface area contributed by atoms with Crippen LogP contribution in [-0.4, -0.2) is 24.1 Å². The molecular formula is C18H26N4OS. The Balaban J connectivity index is 1.99. The van der Waals surface area contributed by atoms with Gasteiger partial charge in [0.25, 0.3) is 0 Å². The second-order valence-corrected chi connectivity index (χ2v) is 6.12. The highest BCUT2D eigenvalue weighted by Crippen LogP contribution is 2.18. The fraction of sp³-hybridized carbons (Fsp3) is 0.444. The normalized spacial score (nSPS) is 11.4. The van der Waals surface area contributed by atoms with Crippen molar-refractivity contribution in [3.8, 4) is 5.75 Å². The van der Waals surface area contributed by atoms with Crippen molar-refractivity contribution in [3.05, 3.63) is 45.9 Å². The molecule has 6 heteroatoms. The first kappa shape index (κ1) is 18.3. The molecule has 0 amide bonds. The van der Waals surface area contributed by atoms with Crippen LogP contribution in [0.2, 0.25) is 0 Å². The molecule has 1 aromatic heterocycles. The average Bonchev–Trinajstić information content (AvgIpc) is 3.07. The Bertz CT molecular complexity index is 654. The summed E-state index contributed by atoms with van der Waals surface area (Å²) in [4.78, 5) is 9.23. The monoisotopic (exact) mass is 346 g/mol. The van der Waals surface area contributed by atoms with Crippen LogP contribution >= 0.6 is 11.3 Å². The molecule has 1 heterocycles. The number of aryl methyl sites for hydroxylation is 1. The van der Waals surface area contributed by atoms with Crippen LogP contribution in [0, 0.1) is 0 Å². The van der Waals surface area contributed by atoms with Crippen molar-refractivity contribution in [2.24, 2.45) is 4.99 Å². The number of hydrogen-bond acceptors (Lipinski definition) is 4. The van der Waals surface area contributed by atoms with Crippen molar-refractivity contribution in [2.45, 2.75) is 40.3 Å². The molecule has 2 aromatic rings. The Hall–Kier alpha value is -2.08. The molecule has 5 nitrogen and oxygen atoms in total. The minimum Gasteiger partial charge on any atom is -0.494 e. The van der Waals surface area contributed by atoms with E-state index >= 15 is 0 Å². The van der Waals surface area contributed by atoms with Gasteiger partial charge in [-0.25, -0.2) is 9.98 Å². The second kappa shape index (κ2) is 9.93. The number of guanidine groups is 1. The quantitative estimate of drug-likeness (QED) is 0.568. The van der Waals surface area contributed by atoms with Gasteiger partial charge in [-0.2, -0.15) is 0 Å². The van der Waals surface area contributed by atoms with Gasteiger partial charge in [0.1, 0.15) is 5.75 Å². The van der Waals surface area contributed by atoms with Gasteiger partial charge in [-0.1, -0.05) is 25.1 Å². The van der Waals surface area contributed by atoms with Crippen LogP contribution in [0.3, 0.4) is 0 Å². The molecule has 0 aliphatic heterocycles. The van der Waals surface area contributed by atoms with E-state index in [1.807, 2.05) is 31.2 Å². The van der Waals surface area contributed by atoms with Gasteiger partial charge in [-0.15, -0.1) is 11.3 Å². The first-order valence-electron chi connectivity index (χ1n) is 8.42. The van der Waals surface area contributed by atoms with Crippen LogP contribution in [0.1, 0.15) is 37.0 Å². The molecule has 130 valence electrons. The summed E-state index contributed by atoms with van der Waals surface area (Å²) in [5.74, 6) is 1.68. The average molecular weight is 347 g/mol. The summed E-state index contributed by atoms with van der Waals surface area (Å²) in [6.45, 7) is 8.89. The molecule has 0 aliphatic rings. The molecule has 0 spiro atoms. The summed E-state index contributed by atoms with van der Waals surface area (Å²) in [6, 6.07) is 8.02. The number of para-hydroxylation sites is 1. The van der Waals surface area contributed by atoms with E-state index in [-0.39, 0.29) is 0 Å². The lowest BCUT2D eigenvalue weighted by molar-refractivity contribution is 0.336. The Labute approximate surface area is 148 Å². The summed E-state index contributed by atoms with van der Waals surface area (Å²) in [6.07, 6.45) is 0.979. The third kappa shape index (κ3) is 5.53. The molecule has 0 aliphatic carbocycles. The Morgan fingerprint density at radius 1 is 1.21 bits per heavy atom. The molecule has 0 saturated heterocycles. The van der Waals surface area contributed by atoms with Gasteiger partial charge >= 0.3 is 0 Å². The van der Waals surface area contributed by atoms with E-state index in [2.05, 4.69) is 39.8 Å². The summed E-state index contributed by atoms with van der Waals surface area (Å²) in [5, 5.41) is 9.87. The molecule has 0 unspecified atom stereocenters. The highest BCUT2D eigenvalue weighted by molar-refractivity contribution is 7.09. The molecular weight excluding hydrogens is 320 g/mol. The number of rotatable bonds is 8. The van der Waals surface area contributed by atoms with Crippen molar-refractivity contribution in [1.29, 1.82) is 0 Å². The highest BCUT2D eigenvalue weighted by Gasteiger charge is 2.04.